The Balaban J connectivity index is 2.46. The second kappa shape index (κ2) is 8.08. The molecule has 0 amide bonds. The molecule has 0 aromatic carbocycles. The van der Waals surface area contributed by atoms with Gasteiger partial charge < -0.3 is 9.47 Å². The average molecular weight is 274 g/mol. The van der Waals surface area contributed by atoms with Gasteiger partial charge in [0, 0.05) is 0 Å². The molecule has 0 saturated heterocycles. The van der Waals surface area contributed by atoms with E-state index in [9.17, 15) is 0 Å². The molecule has 0 radical (unpaired) electrons. The number of hydrogen-bond donors (Lipinski definition) is 0. The minimum absolute atomic E-state index is 0.0926. The van der Waals surface area contributed by atoms with Crippen molar-refractivity contribution in [1.82, 2.24) is 15.0 Å². The van der Waals surface area contributed by atoms with Crippen LogP contribution in [0.25, 0.3) is 0 Å². The lowest BCUT2D eigenvalue weighted by Crippen LogP contribution is -2.06. The second-order valence-corrected chi connectivity index (χ2v) is 4.74. The molecular formula is C12H20ClN3O2. The van der Waals surface area contributed by atoms with Crippen LogP contribution < -0.4 is 9.47 Å². The summed E-state index contributed by atoms with van der Waals surface area (Å²) in [6.07, 6.45) is 2.96. The van der Waals surface area contributed by atoms with Crippen LogP contribution in [0.1, 0.15) is 40.0 Å². The van der Waals surface area contributed by atoms with E-state index < -0.39 is 0 Å². The molecule has 1 aromatic rings. The molecule has 6 heteroatoms. The first-order valence-electron chi connectivity index (χ1n) is 6.29. The highest BCUT2D eigenvalue weighted by Gasteiger charge is 2.07. The van der Waals surface area contributed by atoms with E-state index in [2.05, 4.69) is 28.8 Å². The normalized spacial score (nSPS) is 10.7. The smallest absolute Gasteiger partial charge is 0.323 e. The zero-order chi connectivity index (χ0) is 13.4. The van der Waals surface area contributed by atoms with Crippen molar-refractivity contribution in [1.29, 1.82) is 0 Å². The molecule has 102 valence electrons. The first kappa shape index (κ1) is 15.0. The standard InChI is InChI=1S/C12H20ClN3O2/c1-4-7-17-11-14-10(13)15-12(16-11)18-8-5-6-9(2)3/h9H,4-8H2,1-3H3. The van der Waals surface area contributed by atoms with Gasteiger partial charge in [-0.25, -0.2) is 0 Å². The van der Waals surface area contributed by atoms with Gasteiger partial charge in [-0.1, -0.05) is 20.8 Å². The Morgan fingerprint density at radius 1 is 1.06 bits per heavy atom. The minimum Gasteiger partial charge on any atom is -0.463 e. The molecule has 0 fully saturated rings. The fourth-order valence-corrected chi connectivity index (χ4v) is 1.44. The molecule has 0 aliphatic carbocycles. The molecule has 0 saturated carbocycles. The van der Waals surface area contributed by atoms with Crippen LogP contribution in [0.4, 0.5) is 0 Å². The SMILES string of the molecule is CCCOc1nc(Cl)nc(OCCCC(C)C)n1. The lowest BCUT2D eigenvalue weighted by Gasteiger charge is -2.07. The fraction of sp³-hybridized carbons (Fsp3) is 0.750. The molecule has 0 N–H and O–H groups in total. The van der Waals surface area contributed by atoms with Crippen LogP contribution in [0.2, 0.25) is 5.28 Å². The number of ether oxygens (including phenoxy) is 2. The van der Waals surface area contributed by atoms with Crippen molar-refractivity contribution in [2.24, 2.45) is 5.92 Å². The van der Waals surface area contributed by atoms with Gasteiger partial charge in [0.1, 0.15) is 0 Å². The van der Waals surface area contributed by atoms with Crippen LogP contribution in [0, 0.1) is 5.92 Å². The van der Waals surface area contributed by atoms with Gasteiger partial charge in [-0.2, -0.15) is 9.97 Å². The molecule has 0 aliphatic heterocycles. The molecule has 0 atom stereocenters. The van der Waals surface area contributed by atoms with E-state index in [1.54, 1.807) is 0 Å². The van der Waals surface area contributed by atoms with Crippen molar-refractivity contribution in [2.45, 2.75) is 40.0 Å². The third-order valence-corrected chi connectivity index (χ3v) is 2.33. The monoisotopic (exact) mass is 273 g/mol. The van der Waals surface area contributed by atoms with Crippen molar-refractivity contribution in [2.75, 3.05) is 13.2 Å². The Bertz CT molecular complexity index is 361. The van der Waals surface area contributed by atoms with Gasteiger partial charge in [0.15, 0.2) is 0 Å². The molecule has 18 heavy (non-hydrogen) atoms. The van der Waals surface area contributed by atoms with E-state index in [-0.39, 0.29) is 17.3 Å². The molecule has 0 aliphatic rings. The van der Waals surface area contributed by atoms with Crippen molar-refractivity contribution in [3.05, 3.63) is 5.28 Å². The maximum atomic E-state index is 5.77. The maximum absolute atomic E-state index is 5.77. The van der Waals surface area contributed by atoms with Gasteiger partial charge in [-0.05, 0) is 36.8 Å². The van der Waals surface area contributed by atoms with Gasteiger partial charge in [0.2, 0.25) is 5.28 Å². The molecule has 1 heterocycles. The highest BCUT2D eigenvalue weighted by Crippen LogP contribution is 2.14. The van der Waals surface area contributed by atoms with Gasteiger partial charge in [-0.15, -0.1) is 4.98 Å². The number of hydrogen-bond acceptors (Lipinski definition) is 5. The Morgan fingerprint density at radius 3 is 2.22 bits per heavy atom. The lowest BCUT2D eigenvalue weighted by atomic mass is 10.1. The molecule has 5 nitrogen and oxygen atoms in total. The summed E-state index contributed by atoms with van der Waals surface area (Å²) in [5.74, 6) is 0.666. The van der Waals surface area contributed by atoms with Gasteiger partial charge in [0.05, 0.1) is 13.2 Å². The minimum atomic E-state index is 0.0926. The first-order valence-corrected chi connectivity index (χ1v) is 6.66. The highest BCUT2D eigenvalue weighted by molar-refractivity contribution is 6.28. The van der Waals surface area contributed by atoms with Gasteiger partial charge in [-0.3, -0.25) is 0 Å². The van der Waals surface area contributed by atoms with Crippen molar-refractivity contribution >= 4 is 11.6 Å². The summed E-state index contributed by atoms with van der Waals surface area (Å²) in [4.78, 5) is 11.8. The van der Waals surface area contributed by atoms with E-state index in [0.717, 1.165) is 19.3 Å². The number of halogens is 1. The topological polar surface area (TPSA) is 57.1 Å². The third-order valence-electron chi connectivity index (χ3n) is 2.16. The summed E-state index contributed by atoms with van der Waals surface area (Å²) in [7, 11) is 0. The van der Waals surface area contributed by atoms with E-state index in [0.29, 0.717) is 19.1 Å². The van der Waals surface area contributed by atoms with Crippen molar-refractivity contribution in [3.63, 3.8) is 0 Å². The molecule has 1 rings (SSSR count). The van der Waals surface area contributed by atoms with Crippen LogP contribution in [0.15, 0.2) is 0 Å². The van der Waals surface area contributed by atoms with E-state index >= 15 is 0 Å². The number of nitrogens with zero attached hydrogens (tertiary/aromatic N) is 3. The number of rotatable bonds is 8. The van der Waals surface area contributed by atoms with E-state index in [1.807, 2.05) is 6.92 Å². The molecule has 0 bridgehead atoms. The lowest BCUT2D eigenvalue weighted by molar-refractivity contribution is 0.253. The van der Waals surface area contributed by atoms with Crippen molar-refractivity contribution < 1.29 is 9.47 Å². The quantitative estimate of drug-likeness (QED) is 0.681. The predicted octanol–water partition coefficient (Wildman–Crippen LogP) is 3.13. The highest BCUT2D eigenvalue weighted by atomic mass is 35.5. The first-order chi connectivity index (χ1) is 8.61. The fourth-order valence-electron chi connectivity index (χ4n) is 1.29. The summed E-state index contributed by atoms with van der Waals surface area (Å²) in [6, 6.07) is 0.445. The summed E-state index contributed by atoms with van der Waals surface area (Å²) >= 11 is 5.77. The van der Waals surface area contributed by atoms with Gasteiger partial charge >= 0.3 is 12.0 Å². The Labute approximate surface area is 113 Å². The second-order valence-electron chi connectivity index (χ2n) is 4.40. The zero-order valence-electron chi connectivity index (χ0n) is 11.1. The molecule has 0 spiro atoms. The van der Waals surface area contributed by atoms with Gasteiger partial charge in [0.25, 0.3) is 0 Å². The summed E-state index contributed by atoms with van der Waals surface area (Å²) in [5.41, 5.74) is 0. The molecular weight excluding hydrogens is 254 g/mol. The summed E-state index contributed by atoms with van der Waals surface area (Å²) in [6.45, 7) is 7.48. The Morgan fingerprint density at radius 2 is 1.67 bits per heavy atom. The Hall–Kier alpha value is -1.10. The van der Waals surface area contributed by atoms with E-state index in [4.69, 9.17) is 21.1 Å². The van der Waals surface area contributed by atoms with Crippen LogP contribution in [0.5, 0.6) is 12.0 Å². The zero-order valence-corrected chi connectivity index (χ0v) is 11.9. The predicted molar refractivity (Wildman–Crippen MR) is 70.2 cm³/mol. The third kappa shape index (κ3) is 6.00. The maximum Gasteiger partial charge on any atom is 0.323 e. The Kier molecular flexibility index (Phi) is 6.72. The summed E-state index contributed by atoms with van der Waals surface area (Å²) < 4.78 is 10.7. The van der Waals surface area contributed by atoms with Crippen molar-refractivity contribution in [3.8, 4) is 12.0 Å². The van der Waals surface area contributed by atoms with Crippen LogP contribution in [0.3, 0.4) is 0 Å². The van der Waals surface area contributed by atoms with E-state index in [1.165, 1.54) is 0 Å². The summed E-state index contributed by atoms with van der Waals surface area (Å²) in [5, 5.41) is 0.0926. The van der Waals surface area contributed by atoms with Crippen LogP contribution >= 0.6 is 11.6 Å². The van der Waals surface area contributed by atoms with Crippen LogP contribution in [-0.4, -0.2) is 28.2 Å². The molecule has 1 aromatic heterocycles. The largest absolute Gasteiger partial charge is 0.463 e. The average Bonchev–Trinajstić information content (AvgIpc) is 2.31. The van der Waals surface area contributed by atoms with Crippen LogP contribution in [-0.2, 0) is 0 Å². The number of aromatic nitrogens is 3. The molecule has 0 unspecified atom stereocenters.